The molecule has 2 aromatic rings. The van der Waals surface area contributed by atoms with Crippen molar-refractivity contribution in [2.75, 3.05) is 16.1 Å². The highest BCUT2D eigenvalue weighted by Crippen LogP contribution is 2.20. The van der Waals surface area contributed by atoms with Crippen LogP contribution in [0.1, 0.15) is 27.7 Å². The summed E-state index contributed by atoms with van der Waals surface area (Å²) in [5, 5.41) is 5.35. The van der Waals surface area contributed by atoms with Crippen LogP contribution >= 0.6 is 0 Å². The van der Waals surface area contributed by atoms with Crippen molar-refractivity contribution in [2.24, 2.45) is 5.41 Å². The fraction of sp³-hybridized carbons (Fsp3) is 0.263. The first-order valence-corrected chi connectivity index (χ1v) is 10.0. The number of sulfonamides is 1. The van der Waals surface area contributed by atoms with Crippen LogP contribution in [0.25, 0.3) is 0 Å². The molecule has 0 unspecified atom stereocenters. The van der Waals surface area contributed by atoms with E-state index in [9.17, 15) is 18.0 Å². The normalized spacial score (nSPS) is 11.6. The van der Waals surface area contributed by atoms with Crippen LogP contribution < -0.4 is 20.9 Å². The van der Waals surface area contributed by atoms with E-state index in [-0.39, 0.29) is 16.7 Å². The Kier molecular flexibility index (Phi) is 6.42. The Labute approximate surface area is 164 Å². The number of hydrogen-bond donors (Lipinski definition) is 4. The Morgan fingerprint density at radius 1 is 0.857 bits per heavy atom. The molecule has 2 amide bonds. The SMILES string of the molecule is CC(=O)Nc1ccc(S(=O)(=O)NNc2cccc(NC(=O)C(C)(C)C)c2)cc1. The lowest BCUT2D eigenvalue weighted by Gasteiger charge is -2.18. The molecule has 0 bridgehead atoms. The van der Waals surface area contributed by atoms with E-state index in [2.05, 4.69) is 20.9 Å². The second-order valence-corrected chi connectivity index (χ2v) is 8.90. The Morgan fingerprint density at radius 2 is 1.46 bits per heavy atom. The molecule has 0 saturated carbocycles. The van der Waals surface area contributed by atoms with Gasteiger partial charge in [-0.1, -0.05) is 26.8 Å². The van der Waals surface area contributed by atoms with Crippen LogP contribution in [0.4, 0.5) is 17.1 Å². The quantitative estimate of drug-likeness (QED) is 0.553. The van der Waals surface area contributed by atoms with Crippen LogP contribution in [0.5, 0.6) is 0 Å². The Bertz CT molecular complexity index is 964. The fourth-order valence-electron chi connectivity index (χ4n) is 2.10. The molecule has 2 aromatic carbocycles. The third-order valence-corrected chi connectivity index (χ3v) is 4.88. The third-order valence-electron chi connectivity index (χ3n) is 3.62. The highest BCUT2D eigenvalue weighted by atomic mass is 32.2. The number of rotatable bonds is 6. The Hall–Kier alpha value is -2.91. The number of hydrogen-bond acceptors (Lipinski definition) is 5. The van der Waals surface area contributed by atoms with Gasteiger partial charge in [0.15, 0.2) is 0 Å². The van der Waals surface area contributed by atoms with Crippen molar-refractivity contribution in [3.05, 3.63) is 48.5 Å². The molecule has 0 radical (unpaired) electrons. The number of amides is 2. The van der Waals surface area contributed by atoms with E-state index in [0.717, 1.165) is 0 Å². The summed E-state index contributed by atoms with van der Waals surface area (Å²) in [6.07, 6.45) is 0. The van der Waals surface area contributed by atoms with Crippen LogP contribution in [-0.4, -0.2) is 20.2 Å². The predicted octanol–water partition coefficient (Wildman–Crippen LogP) is 2.94. The van der Waals surface area contributed by atoms with Gasteiger partial charge in [0.2, 0.25) is 11.8 Å². The van der Waals surface area contributed by atoms with Crippen molar-refractivity contribution in [3.8, 4) is 0 Å². The number of anilines is 3. The minimum absolute atomic E-state index is 0.0336. The molecule has 28 heavy (non-hydrogen) atoms. The van der Waals surface area contributed by atoms with E-state index in [0.29, 0.717) is 17.1 Å². The summed E-state index contributed by atoms with van der Waals surface area (Å²) in [6.45, 7) is 6.77. The van der Waals surface area contributed by atoms with Crippen molar-refractivity contribution >= 4 is 38.9 Å². The standard InChI is InChI=1S/C19H24N4O4S/c1-13(24)20-14-8-10-17(11-9-14)28(26,27)23-22-16-7-5-6-15(12-16)21-18(25)19(2,3)4/h5-12,22-23H,1-4H3,(H,20,24)(H,21,25). The zero-order chi connectivity index (χ0) is 20.9. The second-order valence-electron chi connectivity index (χ2n) is 7.22. The van der Waals surface area contributed by atoms with Gasteiger partial charge in [0.1, 0.15) is 0 Å². The minimum atomic E-state index is -3.82. The molecular weight excluding hydrogens is 380 g/mol. The maximum absolute atomic E-state index is 12.4. The minimum Gasteiger partial charge on any atom is -0.326 e. The van der Waals surface area contributed by atoms with Crippen LogP contribution in [-0.2, 0) is 19.6 Å². The van der Waals surface area contributed by atoms with Gasteiger partial charge in [-0.3, -0.25) is 9.59 Å². The largest absolute Gasteiger partial charge is 0.326 e. The first kappa shape index (κ1) is 21.4. The van der Waals surface area contributed by atoms with Gasteiger partial charge in [0.25, 0.3) is 10.0 Å². The second kappa shape index (κ2) is 8.41. The topological polar surface area (TPSA) is 116 Å². The molecule has 0 aliphatic rings. The lowest BCUT2D eigenvalue weighted by atomic mass is 9.95. The zero-order valence-corrected chi connectivity index (χ0v) is 17.0. The first-order chi connectivity index (χ1) is 13.0. The average molecular weight is 404 g/mol. The summed E-state index contributed by atoms with van der Waals surface area (Å²) >= 11 is 0. The maximum atomic E-state index is 12.4. The van der Waals surface area contributed by atoms with Gasteiger partial charge in [0.05, 0.1) is 10.6 Å². The molecule has 0 spiro atoms. The summed E-state index contributed by atoms with van der Waals surface area (Å²) < 4.78 is 24.8. The first-order valence-electron chi connectivity index (χ1n) is 8.54. The van der Waals surface area contributed by atoms with Crippen molar-refractivity contribution in [1.29, 1.82) is 0 Å². The summed E-state index contributed by atoms with van der Waals surface area (Å²) in [6, 6.07) is 12.4. The molecule has 0 saturated heterocycles. The molecule has 2 rings (SSSR count). The average Bonchev–Trinajstić information content (AvgIpc) is 2.59. The number of benzene rings is 2. The summed E-state index contributed by atoms with van der Waals surface area (Å²) in [4.78, 5) is 25.4. The van der Waals surface area contributed by atoms with Crippen molar-refractivity contribution in [1.82, 2.24) is 4.83 Å². The molecule has 8 nitrogen and oxygen atoms in total. The molecular formula is C19H24N4O4S. The van der Waals surface area contributed by atoms with Gasteiger partial charge in [-0.25, -0.2) is 8.42 Å². The molecule has 9 heteroatoms. The lowest BCUT2D eigenvalue weighted by molar-refractivity contribution is -0.123. The molecule has 0 heterocycles. The van der Waals surface area contributed by atoms with Gasteiger partial charge >= 0.3 is 0 Å². The molecule has 0 fully saturated rings. The smallest absolute Gasteiger partial charge is 0.257 e. The molecule has 0 aliphatic heterocycles. The summed E-state index contributed by atoms with van der Waals surface area (Å²) in [7, 11) is -3.82. The van der Waals surface area contributed by atoms with Crippen LogP contribution in [0.2, 0.25) is 0 Å². The highest BCUT2D eigenvalue weighted by Gasteiger charge is 2.21. The molecule has 150 valence electrons. The number of nitrogens with one attached hydrogen (secondary N) is 4. The molecule has 0 atom stereocenters. The summed E-state index contributed by atoms with van der Waals surface area (Å²) in [5.74, 6) is -0.390. The van der Waals surface area contributed by atoms with E-state index >= 15 is 0 Å². The molecule has 4 N–H and O–H groups in total. The van der Waals surface area contributed by atoms with Crippen molar-refractivity contribution in [3.63, 3.8) is 0 Å². The van der Waals surface area contributed by atoms with Crippen LogP contribution in [0.15, 0.2) is 53.4 Å². The fourth-order valence-corrected chi connectivity index (χ4v) is 2.96. The number of carbonyl (C=O) groups is 2. The molecule has 0 aliphatic carbocycles. The van der Waals surface area contributed by atoms with Gasteiger partial charge in [-0.15, -0.1) is 4.83 Å². The van der Waals surface area contributed by atoms with Crippen LogP contribution in [0.3, 0.4) is 0 Å². The van der Waals surface area contributed by atoms with E-state index in [1.807, 2.05) is 0 Å². The predicted molar refractivity (Wildman–Crippen MR) is 109 cm³/mol. The van der Waals surface area contributed by atoms with E-state index in [1.54, 1.807) is 45.0 Å². The number of carbonyl (C=O) groups excluding carboxylic acids is 2. The third kappa shape index (κ3) is 6.07. The van der Waals surface area contributed by atoms with Crippen molar-refractivity contribution < 1.29 is 18.0 Å². The highest BCUT2D eigenvalue weighted by molar-refractivity contribution is 7.89. The van der Waals surface area contributed by atoms with E-state index in [4.69, 9.17) is 0 Å². The van der Waals surface area contributed by atoms with Gasteiger partial charge in [-0.2, -0.15) is 0 Å². The Balaban J connectivity index is 2.05. The van der Waals surface area contributed by atoms with Gasteiger partial charge in [-0.05, 0) is 42.5 Å². The van der Waals surface area contributed by atoms with E-state index < -0.39 is 15.4 Å². The van der Waals surface area contributed by atoms with Crippen LogP contribution in [0, 0.1) is 5.41 Å². The monoisotopic (exact) mass is 404 g/mol. The number of hydrazine groups is 1. The summed E-state index contributed by atoms with van der Waals surface area (Å²) in [5.41, 5.74) is 3.59. The van der Waals surface area contributed by atoms with Gasteiger partial charge in [0, 0.05) is 23.7 Å². The maximum Gasteiger partial charge on any atom is 0.257 e. The van der Waals surface area contributed by atoms with E-state index in [1.165, 1.54) is 31.2 Å². The zero-order valence-electron chi connectivity index (χ0n) is 16.2. The lowest BCUT2D eigenvalue weighted by Crippen LogP contribution is -2.30. The molecule has 0 aromatic heterocycles. The van der Waals surface area contributed by atoms with Gasteiger partial charge < -0.3 is 16.1 Å². The van der Waals surface area contributed by atoms with Crippen molar-refractivity contribution in [2.45, 2.75) is 32.6 Å². The Morgan fingerprint density at radius 3 is 2.04 bits per heavy atom.